The molecule has 2 aromatic heterocycles. The van der Waals surface area contributed by atoms with Crippen molar-refractivity contribution in [2.24, 2.45) is 0 Å². The van der Waals surface area contributed by atoms with E-state index in [1.54, 1.807) is 0 Å². The molecule has 0 radical (unpaired) electrons. The number of benzene rings is 2. The third-order valence-corrected chi connectivity index (χ3v) is 9.02. The second-order valence-corrected chi connectivity index (χ2v) is 11.8. The summed E-state index contributed by atoms with van der Waals surface area (Å²) in [7, 11) is 0. The van der Waals surface area contributed by atoms with Gasteiger partial charge in [0.15, 0.2) is 5.82 Å². The molecule has 3 atom stereocenters. The van der Waals surface area contributed by atoms with Gasteiger partial charge in [-0.25, -0.2) is 13.2 Å². The van der Waals surface area contributed by atoms with Crippen molar-refractivity contribution in [2.45, 2.75) is 49.9 Å². The Morgan fingerprint density at radius 1 is 1.14 bits per heavy atom. The number of fused-ring (bicyclic) bond motifs is 3. The van der Waals surface area contributed by atoms with Gasteiger partial charge in [-0.2, -0.15) is 9.97 Å². The van der Waals surface area contributed by atoms with Crippen molar-refractivity contribution in [3.8, 4) is 35.4 Å². The summed E-state index contributed by atoms with van der Waals surface area (Å²) >= 11 is 0. The van der Waals surface area contributed by atoms with Crippen molar-refractivity contribution in [1.82, 2.24) is 19.9 Å². The summed E-state index contributed by atoms with van der Waals surface area (Å²) < 4.78 is 51.8. The molecule has 3 aliphatic rings. The van der Waals surface area contributed by atoms with Gasteiger partial charge in [-0.05, 0) is 55.8 Å². The fourth-order valence-corrected chi connectivity index (χ4v) is 7.06. The fraction of sp³-hybridized carbons (Fsp3) is 0.406. The highest BCUT2D eigenvalue weighted by Crippen LogP contribution is 2.42. The second-order valence-electron chi connectivity index (χ2n) is 11.8. The number of ether oxygens (including phenoxy) is 1. The van der Waals surface area contributed by atoms with E-state index in [-0.39, 0.29) is 52.6 Å². The minimum absolute atomic E-state index is 0.0710. The number of pyridine rings is 1. The van der Waals surface area contributed by atoms with Gasteiger partial charge in [0.05, 0.1) is 22.6 Å². The molecule has 3 aliphatic heterocycles. The van der Waals surface area contributed by atoms with E-state index in [1.807, 2.05) is 4.90 Å². The Morgan fingerprint density at radius 2 is 2.00 bits per heavy atom. The molecule has 8 nitrogen and oxygen atoms in total. The zero-order chi connectivity index (χ0) is 29.9. The van der Waals surface area contributed by atoms with Crippen LogP contribution in [-0.2, 0) is 0 Å². The van der Waals surface area contributed by atoms with E-state index in [2.05, 4.69) is 25.8 Å². The maximum atomic E-state index is 16.6. The van der Waals surface area contributed by atoms with Gasteiger partial charge >= 0.3 is 6.01 Å². The largest absolute Gasteiger partial charge is 0.508 e. The topological polar surface area (TPSA) is 94.8 Å². The van der Waals surface area contributed by atoms with Crippen LogP contribution in [0.3, 0.4) is 0 Å². The Bertz CT molecular complexity index is 1800. The normalized spacial score (nSPS) is 24.0. The number of hydrogen-bond acceptors (Lipinski definition) is 8. The molecule has 0 bridgehead atoms. The van der Waals surface area contributed by atoms with Crippen LogP contribution in [0.2, 0.25) is 0 Å². The number of terminal acetylenes is 1. The first kappa shape index (κ1) is 27.7. The number of anilines is 1. The summed E-state index contributed by atoms with van der Waals surface area (Å²) in [5.74, 6) is 1.05. The third-order valence-electron chi connectivity index (χ3n) is 9.02. The number of nitrogens with zero attached hydrogens (tertiary/aromatic N) is 5. The maximum Gasteiger partial charge on any atom is 0.319 e. The molecule has 11 heteroatoms. The SMILES string of the molecule is C#Cc1c(F)ccc2cc(O)cc(-c3ncc4c(N5CCCC(O)C5)nc(OCC56CCCN5CC(F)C6)nc4c3F)c12. The van der Waals surface area contributed by atoms with Crippen molar-refractivity contribution < 1.29 is 28.1 Å². The number of β-amino-alcohol motifs (C(OH)–C–C–N with tert-alkyl or cyclic N) is 1. The highest BCUT2D eigenvalue weighted by atomic mass is 19.1. The zero-order valence-corrected chi connectivity index (χ0v) is 23.4. The minimum Gasteiger partial charge on any atom is -0.508 e. The molecule has 4 aromatic rings. The van der Waals surface area contributed by atoms with Crippen molar-refractivity contribution >= 4 is 27.5 Å². The highest BCUT2D eigenvalue weighted by Gasteiger charge is 2.49. The Kier molecular flexibility index (Phi) is 6.78. The first-order valence-corrected chi connectivity index (χ1v) is 14.5. The molecule has 43 heavy (non-hydrogen) atoms. The van der Waals surface area contributed by atoms with Gasteiger partial charge in [-0.15, -0.1) is 6.42 Å². The molecule has 0 amide bonds. The minimum atomic E-state index is -0.937. The van der Waals surface area contributed by atoms with Crippen LogP contribution in [0.4, 0.5) is 19.0 Å². The third kappa shape index (κ3) is 4.69. The smallest absolute Gasteiger partial charge is 0.319 e. The molecule has 0 spiro atoms. The Morgan fingerprint density at radius 3 is 2.81 bits per heavy atom. The van der Waals surface area contributed by atoms with Gasteiger partial charge < -0.3 is 19.8 Å². The standard InChI is InChI=1S/C32H30F3N5O3/c1-2-22-25(34)7-6-18-11-21(42)12-23(26(18)22)28-27(35)29-24(14-36-28)30(39-9-3-5-20(41)16-39)38-31(37-29)43-17-32-8-4-10-40(32)15-19(33)13-32/h1,6-7,11-12,14,19-20,41-42H,3-5,8-10,13,15-17H2. The van der Waals surface area contributed by atoms with Gasteiger partial charge in [0.25, 0.3) is 0 Å². The number of alkyl halides is 1. The second kappa shape index (κ2) is 10.5. The fourth-order valence-electron chi connectivity index (χ4n) is 7.06. The number of piperidine rings is 1. The number of rotatable bonds is 5. The van der Waals surface area contributed by atoms with Crippen LogP contribution in [0.1, 0.15) is 37.7 Å². The van der Waals surface area contributed by atoms with E-state index in [0.29, 0.717) is 48.9 Å². The molecule has 0 saturated carbocycles. The first-order valence-electron chi connectivity index (χ1n) is 14.5. The summed E-state index contributed by atoms with van der Waals surface area (Å²) in [6.45, 7) is 2.18. The molecular formula is C32H30F3N5O3. The van der Waals surface area contributed by atoms with E-state index in [0.717, 1.165) is 19.4 Å². The monoisotopic (exact) mass is 589 g/mol. The van der Waals surface area contributed by atoms with Crippen molar-refractivity contribution in [2.75, 3.05) is 37.7 Å². The summed E-state index contributed by atoms with van der Waals surface area (Å²) in [4.78, 5) is 17.5. The Hall–Kier alpha value is -4.14. The molecule has 7 rings (SSSR count). The van der Waals surface area contributed by atoms with Crippen LogP contribution in [-0.4, -0.2) is 80.7 Å². The van der Waals surface area contributed by atoms with Gasteiger partial charge in [0.1, 0.15) is 41.4 Å². The summed E-state index contributed by atoms with van der Waals surface area (Å²) in [5, 5.41) is 21.8. The van der Waals surface area contributed by atoms with Gasteiger partial charge in [-0.1, -0.05) is 12.0 Å². The lowest BCUT2D eigenvalue weighted by Gasteiger charge is -2.32. The Labute approximate surface area is 246 Å². The average Bonchev–Trinajstić information content (AvgIpc) is 3.51. The quantitative estimate of drug-likeness (QED) is 0.323. The number of aromatic nitrogens is 3. The lowest BCUT2D eigenvalue weighted by atomic mass is 9.95. The number of phenols is 1. The number of hydrogen-bond donors (Lipinski definition) is 2. The van der Waals surface area contributed by atoms with Crippen LogP contribution >= 0.6 is 0 Å². The van der Waals surface area contributed by atoms with Crippen molar-refractivity contribution in [3.05, 3.63) is 47.7 Å². The number of halogens is 3. The maximum absolute atomic E-state index is 16.6. The summed E-state index contributed by atoms with van der Waals surface area (Å²) in [6.07, 6.45) is 8.98. The van der Waals surface area contributed by atoms with Gasteiger partial charge in [0, 0.05) is 43.2 Å². The highest BCUT2D eigenvalue weighted by molar-refractivity contribution is 6.03. The van der Waals surface area contributed by atoms with Crippen LogP contribution in [0.15, 0.2) is 30.5 Å². The number of phenolic OH excluding ortho intramolecular Hbond substituents is 1. The predicted octanol–water partition coefficient (Wildman–Crippen LogP) is 4.73. The molecule has 222 valence electrons. The van der Waals surface area contributed by atoms with E-state index < -0.39 is 29.4 Å². The van der Waals surface area contributed by atoms with Gasteiger partial charge in [-0.3, -0.25) is 9.88 Å². The number of aromatic hydroxyl groups is 1. The van der Waals surface area contributed by atoms with E-state index >= 15 is 4.39 Å². The van der Waals surface area contributed by atoms with Crippen molar-refractivity contribution in [3.63, 3.8) is 0 Å². The molecule has 5 heterocycles. The summed E-state index contributed by atoms with van der Waals surface area (Å²) in [6, 6.07) is 5.29. The van der Waals surface area contributed by atoms with Crippen LogP contribution in [0, 0.1) is 24.0 Å². The van der Waals surface area contributed by atoms with Gasteiger partial charge in [0.2, 0.25) is 0 Å². The van der Waals surface area contributed by atoms with Crippen LogP contribution in [0.5, 0.6) is 11.8 Å². The molecular weight excluding hydrogens is 559 g/mol. The molecule has 2 N–H and O–H groups in total. The van der Waals surface area contributed by atoms with Crippen LogP contribution in [0.25, 0.3) is 32.9 Å². The molecule has 3 unspecified atom stereocenters. The Balaban J connectivity index is 1.38. The van der Waals surface area contributed by atoms with Crippen molar-refractivity contribution in [1.29, 1.82) is 0 Å². The molecule has 0 aliphatic carbocycles. The lowest BCUT2D eigenvalue weighted by Crippen LogP contribution is -2.43. The molecule has 3 saturated heterocycles. The number of aliphatic hydroxyl groups excluding tert-OH is 1. The average molecular weight is 590 g/mol. The number of aliphatic hydroxyl groups is 1. The lowest BCUT2D eigenvalue weighted by molar-refractivity contribution is 0.107. The zero-order valence-electron chi connectivity index (χ0n) is 23.4. The predicted molar refractivity (Wildman–Crippen MR) is 156 cm³/mol. The van der Waals surface area contributed by atoms with E-state index in [9.17, 15) is 19.0 Å². The van der Waals surface area contributed by atoms with E-state index in [4.69, 9.17) is 11.2 Å². The van der Waals surface area contributed by atoms with Crippen LogP contribution < -0.4 is 9.64 Å². The summed E-state index contributed by atoms with van der Waals surface area (Å²) in [5.41, 5.74) is -0.695. The molecule has 2 aromatic carbocycles. The van der Waals surface area contributed by atoms with E-state index in [1.165, 1.54) is 30.5 Å². The first-order chi connectivity index (χ1) is 20.8. The molecule has 3 fully saturated rings.